The highest BCUT2D eigenvalue weighted by Crippen LogP contribution is 2.30. The van der Waals surface area contributed by atoms with Crippen LogP contribution in [0.3, 0.4) is 0 Å². The number of hydrogen-bond acceptors (Lipinski definition) is 4. The van der Waals surface area contributed by atoms with E-state index in [9.17, 15) is 0 Å². The Kier molecular flexibility index (Phi) is 3.94. The van der Waals surface area contributed by atoms with Crippen molar-refractivity contribution in [1.29, 1.82) is 0 Å². The lowest BCUT2D eigenvalue weighted by Crippen LogP contribution is -2.29. The average Bonchev–Trinajstić information content (AvgIpc) is 3.14. The molecule has 17 heavy (non-hydrogen) atoms. The molecule has 0 aliphatic heterocycles. The zero-order valence-electron chi connectivity index (χ0n) is 10.8. The molecule has 1 saturated carbocycles. The summed E-state index contributed by atoms with van der Waals surface area (Å²) >= 11 is 0. The first kappa shape index (κ1) is 12.3. The highest BCUT2D eigenvalue weighted by Gasteiger charge is 2.30. The third-order valence-electron chi connectivity index (χ3n) is 3.10. The van der Waals surface area contributed by atoms with Crippen molar-refractivity contribution in [3.05, 3.63) is 18.0 Å². The number of nitrogens with zero attached hydrogens (tertiary/aromatic N) is 3. The largest absolute Gasteiger partial charge is 0.338 e. The molecule has 1 aliphatic rings. The molecule has 0 unspecified atom stereocenters. The van der Waals surface area contributed by atoms with Gasteiger partial charge >= 0.3 is 0 Å². The Hall–Kier alpha value is -1.16. The quantitative estimate of drug-likeness (QED) is 0.817. The molecule has 1 aromatic heterocycles. The van der Waals surface area contributed by atoms with Gasteiger partial charge in [0.1, 0.15) is 0 Å². The lowest BCUT2D eigenvalue weighted by molar-refractivity contribution is 0.565. The maximum atomic E-state index is 5.62. The monoisotopic (exact) mass is 234 g/mol. The third-order valence-corrected chi connectivity index (χ3v) is 3.10. The topological polar surface area (TPSA) is 55.0 Å². The van der Waals surface area contributed by atoms with Gasteiger partial charge in [0.05, 0.1) is 5.69 Å². The lowest BCUT2D eigenvalue weighted by Gasteiger charge is -2.23. The summed E-state index contributed by atoms with van der Waals surface area (Å²) in [7, 11) is 0. The highest BCUT2D eigenvalue weighted by molar-refractivity contribution is 5.34. The van der Waals surface area contributed by atoms with Gasteiger partial charge in [-0.1, -0.05) is 13.8 Å². The van der Waals surface area contributed by atoms with Crippen molar-refractivity contribution >= 4 is 5.95 Å². The summed E-state index contributed by atoms with van der Waals surface area (Å²) < 4.78 is 0. The molecule has 4 heteroatoms. The SMILES string of the molecule is CC(C)CCN(c1nccc(CN)n1)C1CC1. The molecule has 2 N–H and O–H groups in total. The third kappa shape index (κ3) is 3.40. The molecule has 0 radical (unpaired) electrons. The first-order valence-corrected chi connectivity index (χ1v) is 6.49. The first-order chi connectivity index (χ1) is 8.20. The van der Waals surface area contributed by atoms with Crippen molar-refractivity contribution in [1.82, 2.24) is 9.97 Å². The van der Waals surface area contributed by atoms with Crippen molar-refractivity contribution in [2.75, 3.05) is 11.4 Å². The Morgan fingerprint density at radius 1 is 1.47 bits per heavy atom. The van der Waals surface area contributed by atoms with Gasteiger partial charge in [-0.25, -0.2) is 9.97 Å². The van der Waals surface area contributed by atoms with E-state index >= 15 is 0 Å². The van der Waals surface area contributed by atoms with E-state index in [4.69, 9.17) is 5.73 Å². The van der Waals surface area contributed by atoms with Crippen LogP contribution < -0.4 is 10.6 Å². The second kappa shape index (κ2) is 5.45. The summed E-state index contributed by atoms with van der Waals surface area (Å²) in [5, 5.41) is 0. The summed E-state index contributed by atoms with van der Waals surface area (Å²) in [6.07, 6.45) is 5.55. The molecule has 1 aliphatic carbocycles. The second-order valence-electron chi connectivity index (χ2n) is 5.16. The number of aromatic nitrogens is 2. The molecule has 2 rings (SSSR count). The van der Waals surface area contributed by atoms with Gasteiger partial charge < -0.3 is 10.6 Å². The molecule has 0 amide bonds. The number of hydrogen-bond donors (Lipinski definition) is 1. The molecule has 4 nitrogen and oxygen atoms in total. The molecule has 1 fully saturated rings. The van der Waals surface area contributed by atoms with Crippen LogP contribution in [0.2, 0.25) is 0 Å². The Balaban J connectivity index is 2.08. The summed E-state index contributed by atoms with van der Waals surface area (Å²) in [4.78, 5) is 11.3. The predicted octanol–water partition coefficient (Wildman–Crippen LogP) is 1.95. The molecule has 0 bridgehead atoms. The van der Waals surface area contributed by atoms with Crippen LogP contribution in [0.25, 0.3) is 0 Å². The molecular formula is C13H22N4. The maximum Gasteiger partial charge on any atom is 0.225 e. The number of rotatable bonds is 6. The Labute approximate surface area is 103 Å². The van der Waals surface area contributed by atoms with Crippen LogP contribution in [0, 0.1) is 5.92 Å². The van der Waals surface area contributed by atoms with Crippen molar-refractivity contribution in [3.8, 4) is 0 Å². The molecule has 94 valence electrons. The van der Waals surface area contributed by atoms with E-state index < -0.39 is 0 Å². The van der Waals surface area contributed by atoms with Crippen molar-refractivity contribution in [3.63, 3.8) is 0 Å². The van der Waals surface area contributed by atoms with E-state index in [1.165, 1.54) is 19.3 Å². The minimum Gasteiger partial charge on any atom is -0.338 e. The zero-order valence-corrected chi connectivity index (χ0v) is 10.8. The second-order valence-corrected chi connectivity index (χ2v) is 5.16. The molecule has 0 saturated heterocycles. The summed E-state index contributed by atoms with van der Waals surface area (Å²) in [5.74, 6) is 1.57. The molecular weight excluding hydrogens is 212 g/mol. The first-order valence-electron chi connectivity index (χ1n) is 6.49. The van der Waals surface area contributed by atoms with E-state index in [0.29, 0.717) is 18.5 Å². The number of nitrogens with two attached hydrogens (primary N) is 1. The Morgan fingerprint density at radius 3 is 2.82 bits per heavy atom. The molecule has 0 aromatic carbocycles. The van der Waals surface area contributed by atoms with E-state index in [-0.39, 0.29) is 0 Å². The fraction of sp³-hybridized carbons (Fsp3) is 0.692. The fourth-order valence-corrected chi connectivity index (χ4v) is 1.87. The normalized spacial score (nSPS) is 15.3. The van der Waals surface area contributed by atoms with E-state index in [1.807, 2.05) is 12.3 Å². The van der Waals surface area contributed by atoms with Gasteiger partial charge in [0.25, 0.3) is 0 Å². The Morgan fingerprint density at radius 2 is 2.24 bits per heavy atom. The summed E-state index contributed by atoms with van der Waals surface area (Å²) in [6, 6.07) is 2.54. The summed E-state index contributed by atoms with van der Waals surface area (Å²) in [5.41, 5.74) is 6.55. The van der Waals surface area contributed by atoms with Gasteiger partial charge in [-0.15, -0.1) is 0 Å². The van der Waals surface area contributed by atoms with Crippen LogP contribution in [0.1, 0.15) is 38.8 Å². The zero-order chi connectivity index (χ0) is 12.3. The van der Waals surface area contributed by atoms with Crippen molar-refractivity contribution < 1.29 is 0 Å². The van der Waals surface area contributed by atoms with Crippen LogP contribution in [0.4, 0.5) is 5.95 Å². The summed E-state index contributed by atoms with van der Waals surface area (Å²) in [6.45, 7) is 6.04. The smallest absolute Gasteiger partial charge is 0.225 e. The minimum atomic E-state index is 0.484. The van der Waals surface area contributed by atoms with Gasteiger partial charge in [0, 0.05) is 25.3 Å². The van der Waals surface area contributed by atoms with Crippen LogP contribution in [-0.2, 0) is 6.54 Å². The Bertz CT molecular complexity index is 360. The van der Waals surface area contributed by atoms with Gasteiger partial charge in [-0.3, -0.25) is 0 Å². The van der Waals surface area contributed by atoms with Gasteiger partial charge in [0.2, 0.25) is 5.95 Å². The van der Waals surface area contributed by atoms with E-state index in [1.54, 1.807) is 0 Å². The van der Waals surface area contributed by atoms with Crippen LogP contribution in [0.5, 0.6) is 0 Å². The van der Waals surface area contributed by atoms with Crippen LogP contribution >= 0.6 is 0 Å². The molecule has 0 atom stereocenters. The van der Waals surface area contributed by atoms with Gasteiger partial charge in [-0.2, -0.15) is 0 Å². The van der Waals surface area contributed by atoms with Gasteiger partial charge in [0.15, 0.2) is 0 Å². The van der Waals surface area contributed by atoms with Crippen molar-refractivity contribution in [2.45, 2.75) is 45.7 Å². The van der Waals surface area contributed by atoms with Crippen LogP contribution in [0.15, 0.2) is 12.3 Å². The van der Waals surface area contributed by atoms with E-state index in [0.717, 1.165) is 18.2 Å². The van der Waals surface area contributed by atoms with E-state index in [2.05, 4.69) is 28.7 Å². The minimum absolute atomic E-state index is 0.484. The predicted molar refractivity (Wildman–Crippen MR) is 69.7 cm³/mol. The molecule has 1 heterocycles. The van der Waals surface area contributed by atoms with Crippen LogP contribution in [-0.4, -0.2) is 22.6 Å². The maximum absolute atomic E-state index is 5.62. The molecule has 0 spiro atoms. The highest BCUT2D eigenvalue weighted by atomic mass is 15.3. The number of anilines is 1. The van der Waals surface area contributed by atoms with Gasteiger partial charge in [-0.05, 0) is 31.2 Å². The lowest BCUT2D eigenvalue weighted by atomic mass is 10.1. The molecule has 1 aromatic rings. The average molecular weight is 234 g/mol. The fourth-order valence-electron chi connectivity index (χ4n) is 1.87. The van der Waals surface area contributed by atoms with Crippen molar-refractivity contribution in [2.24, 2.45) is 11.7 Å². The standard InChI is InChI=1S/C13H22N4/c1-10(2)6-8-17(12-3-4-12)13-15-7-5-11(9-14)16-13/h5,7,10,12H,3-4,6,8-9,14H2,1-2H3.